The van der Waals surface area contributed by atoms with Crippen LogP contribution in [0.15, 0.2) is 0 Å². The van der Waals surface area contributed by atoms with E-state index in [-0.39, 0.29) is 0 Å². The van der Waals surface area contributed by atoms with Crippen molar-refractivity contribution in [1.29, 1.82) is 0 Å². The van der Waals surface area contributed by atoms with Crippen molar-refractivity contribution in [2.45, 2.75) is 0 Å². The predicted octanol–water partition coefficient (Wildman–Crippen LogP) is -0.490. The Hall–Kier alpha value is 0.490. The van der Waals surface area contributed by atoms with Gasteiger partial charge in [0, 0.05) is 13.1 Å². The fraction of sp³-hybridized carbons (Fsp3) is 1.00. The summed E-state index contributed by atoms with van der Waals surface area (Å²) < 4.78 is 7.29. The summed E-state index contributed by atoms with van der Waals surface area (Å²) in [5.41, 5.74) is 0. The van der Waals surface area contributed by atoms with Crippen LogP contribution in [0.2, 0.25) is 0 Å². The smallest absolute Gasteiger partial charge is 0.0603 e. The minimum absolute atomic E-state index is 0.851. The van der Waals surface area contributed by atoms with Crippen molar-refractivity contribution in [1.82, 2.24) is 4.31 Å². The summed E-state index contributed by atoms with van der Waals surface area (Å²) in [5, 5.41) is 0. The van der Waals surface area contributed by atoms with E-state index in [1.165, 1.54) is 0 Å². The number of rotatable bonds is 1. The number of morpholine rings is 1. The van der Waals surface area contributed by atoms with E-state index in [0.29, 0.717) is 0 Å². The molecule has 0 aromatic rings. The Morgan fingerprint density at radius 1 is 1.38 bits per heavy atom. The minimum Gasteiger partial charge on any atom is -0.379 e. The zero-order chi connectivity index (χ0) is 5.82. The van der Waals surface area contributed by atoms with Crippen LogP contribution in [-0.4, -0.2) is 30.6 Å². The first-order valence-electron chi connectivity index (χ1n) is 2.59. The average Bonchev–Trinajstić information content (AvgIpc) is 1.90. The van der Waals surface area contributed by atoms with Crippen LogP contribution in [-0.2, 0) is 26.4 Å². The Kier molecular flexibility index (Phi) is 2.89. The maximum absolute atomic E-state index is 5.11. The average molecular weight is 151 g/mol. The zero-order valence-corrected chi connectivity index (χ0v) is 6.25. The maximum Gasteiger partial charge on any atom is 0.0603 e. The van der Waals surface area contributed by atoms with E-state index < -0.39 is 0 Å². The quantitative estimate of drug-likeness (QED) is 0.508. The molecule has 48 valence electrons. The van der Waals surface area contributed by atoms with Gasteiger partial charge in [0.25, 0.3) is 0 Å². The topological polar surface area (TPSA) is 12.5 Å². The van der Waals surface area contributed by atoms with E-state index in [1.807, 2.05) is 0 Å². The number of nitrogens with zero attached hydrogens (tertiary/aromatic N) is 1. The molecular weight excluding hydrogens is 142 g/mol. The molecule has 4 heteroatoms. The minimum atomic E-state index is 0.851. The molecule has 0 aromatic carbocycles. The molecule has 0 aliphatic carbocycles. The fourth-order valence-corrected chi connectivity index (χ4v) is 1.45. The third-order valence-electron chi connectivity index (χ3n) is 1.10. The molecule has 0 spiro atoms. The number of hydrogen-bond acceptors (Lipinski definition) is 2. The van der Waals surface area contributed by atoms with Crippen molar-refractivity contribution < 1.29 is 4.74 Å². The molecule has 1 aliphatic rings. The van der Waals surface area contributed by atoms with Crippen molar-refractivity contribution in [3.05, 3.63) is 0 Å². The first-order valence-corrected chi connectivity index (χ1v) is 4.45. The first-order chi connectivity index (χ1) is 3.93. The van der Waals surface area contributed by atoms with Crippen molar-refractivity contribution in [3.63, 3.8) is 0 Å². The Labute approximate surface area is 57.6 Å². The normalized spacial score (nSPS) is 23.5. The van der Waals surface area contributed by atoms with Crippen molar-refractivity contribution >= 4 is 21.7 Å². The van der Waals surface area contributed by atoms with E-state index in [1.54, 1.807) is 0 Å². The van der Waals surface area contributed by atoms with Crippen LogP contribution in [0, 0.1) is 0 Å². The van der Waals surface area contributed by atoms with Gasteiger partial charge in [-0.15, -0.1) is 0 Å². The molecule has 0 radical (unpaired) electrons. The Bertz CT molecular complexity index is 82.1. The van der Waals surface area contributed by atoms with Crippen molar-refractivity contribution in [2.24, 2.45) is 0 Å². The highest BCUT2D eigenvalue weighted by Crippen LogP contribution is 1.92. The van der Waals surface area contributed by atoms with Gasteiger partial charge in [-0.1, -0.05) is 10.5 Å². The van der Waals surface area contributed by atoms with Gasteiger partial charge >= 0.3 is 0 Å². The highest BCUT2D eigenvalue weighted by atomic mass is 32.8. The summed E-state index contributed by atoms with van der Waals surface area (Å²) in [6, 6.07) is 0. The van der Waals surface area contributed by atoms with Crippen LogP contribution in [0.1, 0.15) is 0 Å². The molecule has 0 aromatic heterocycles. The third-order valence-corrected chi connectivity index (χ3v) is 2.43. The summed E-state index contributed by atoms with van der Waals surface area (Å²) in [4.78, 5) is 0. The SMILES string of the molecule is S=[SH]N1CCOCC1. The van der Waals surface area contributed by atoms with Crippen LogP contribution in [0.3, 0.4) is 0 Å². The van der Waals surface area contributed by atoms with Crippen molar-refractivity contribution in [3.8, 4) is 0 Å². The first kappa shape index (κ1) is 6.61. The second-order valence-electron chi connectivity index (χ2n) is 1.65. The van der Waals surface area contributed by atoms with Gasteiger partial charge in [-0.25, -0.2) is 4.31 Å². The summed E-state index contributed by atoms with van der Waals surface area (Å²) in [5.74, 6) is 0. The molecule has 0 N–H and O–H groups in total. The molecule has 1 fully saturated rings. The van der Waals surface area contributed by atoms with Gasteiger partial charge in [-0.05, 0) is 11.2 Å². The van der Waals surface area contributed by atoms with Gasteiger partial charge in [0.1, 0.15) is 0 Å². The molecule has 0 unspecified atom stereocenters. The molecule has 1 rings (SSSR count). The molecule has 0 saturated carbocycles. The molecule has 2 nitrogen and oxygen atoms in total. The Morgan fingerprint density at radius 3 is 2.38 bits per heavy atom. The highest BCUT2D eigenvalue weighted by molar-refractivity contribution is 8.16. The number of hydrogen-bond donors (Lipinski definition) is 1. The third kappa shape index (κ3) is 1.78. The molecule has 0 bridgehead atoms. The monoisotopic (exact) mass is 151 g/mol. The van der Waals surface area contributed by atoms with Gasteiger partial charge in [-0.2, -0.15) is 0 Å². The van der Waals surface area contributed by atoms with Crippen LogP contribution in [0.25, 0.3) is 0 Å². The lowest BCUT2D eigenvalue weighted by Gasteiger charge is -2.21. The summed E-state index contributed by atoms with van der Waals surface area (Å²) in [6.07, 6.45) is 0. The van der Waals surface area contributed by atoms with E-state index in [4.69, 9.17) is 15.9 Å². The van der Waals surface area contributed by atoms with Gasteiger partial charge in [0.2, 0.25) is 0 Å². The summed E-state index contributed by atoms with van der Waals surface area (Å²) in [7, 11) is 0.963. The Morgan fingerprint density at radius 2 is 2.00 bits per heavy atom. The standard InChI is InChI=1S/C4H9NOS2/c7-8-5-1-3-6-4-2-5/h8H,1-4H2. The second-order valence-corrected chi connectivity index (χ2v) is 2.87. The van der Waals surface area contributed by atoms with Gasteiger partial charge in [0.15, 0.2) is 0 Å². The Balaban J connectivity index is 2.22. The van der Waals surface area contributed by atoms with Crippen molar-refractivity contribution in [2.75, 3.05) is 26.3 Å². The maximum atomic E-state index is 5.11. The molecule has 1 saturated heterocycles. The zero-order valence-electron chi connectivity index (χ0n) is 4.54. The van der Waals surface area contributed by atoms with Gasteiger partial charge in [-0.3, -0.25) is 0 Å². The van der Waals surface area contributed by atoms with Gasteiger partial charge in [0.05, 0.1) is 13.2 Å². The van der Waals surface area contributed by atoms with Gasteiger partial charge < -0.3 is 4.74 Å². The van der Waals surface area contributed by atoms with E-state index in [2.05, 4.69) is 4.31 Å². The van der Waals surface area contributed by atoms with Crippen LogP contribution >= 0.6 is 0 Å². The lowest BCUT2D eigenvalue weighted by molar-refractivity contribution is 0.0776. The highest BCUT2D eigenvalue weighted by Gasteiger charge is 2.05. The lowest BCUT2D eigenvalue weighted by Crippen LogP contribution is -2.32. The summed E-state index contributed by atoms with van der Waals surface area (Å²) >= 11 is 4.81. The molecule has 0 amide bonds. The van der Waals surface area contributed by atoms with Crippen LogP contribution < -0.4 is 0 Å². The van der Waals surface area contributed by atoms with E-state index in [0.717, 1.165) is 36.8 Å². The van der Waals surface area contributed by atoms with E-state index >= 15 is 0 Å². The fourth-order valence-electron chi connectivity index (χ4n) is 0.635. The summed E-state index contributed by atoms with van der Waals surface area (Å²) in [6.45, 7) is 3.71. The molecule has 8 heavy (non-hydrogen) atoms. The lowest BCUT2D eigenvalue weighted by atomic mass is 10.5. The van der Waals surface area contributed by atoms with Crippen LogP contribution in [0.5, 0.6) is 0 Å². The molecule has 1 aliphatic heterocycles. The molecule has 1 heterocycles. The molecular formula is C4H9NOS2. The largest absolute Gasteiger partial charge is 0.379 e. The van der Waals surface area contributed by atoms with E-state index in [9.17, 15) is 0 Å². The van der Waals surface area contributed by atoms with Crippen LogP contribution in [0.4, 0.5) is 0 Å². The number of thiol groups is 1. The predicted molar refractivity (Wildman–Crippen MR) is 38.5 cm³/mol. The second kappa shape index (κ2) is 3.50. The number of ether oxygens (including phenoxy) is 1. The molecule has 0 atom stereocenters.